The number of likely N-dealkylation sites (tertiary alicyclic amines) is 1. The number of nitrogens with zero attached hydrogens (tertiary/aromatic N) is 3. The van der Waals surface area contributed by atoms with E-state index < -0.39 is 0 Å². The van der Waals surface area contributed by atoms with Gasteiger partial charge in [-0.3, -0.25) is 0 Å². The number of hydrogen-bond donors (Lipinski definition) is 0. The first-order valence-corrected chi connectivity index (χ1v) is 9.83. The smallest absolute Gasteiger partial charge is 0.237 e. The first kappa shape index (κ1) is 17.1. The summed E-state index contributed by atoms with van der Waals surface area (Å²) >= 11 is 0. The third-order valence-corrected chi connectivity index (χ3v) is 6.03. The molecule has 2 heterocycles. The highest BCUT2D eigenvalue weighted by molar-refractivity contribution is 5.94. The van der Waals surface area contributed by atoms with E-state index in [-0.39, 0.29) is 5.41 Å². The van der Waals surface area contributed by atoms with E-state index in [0.29, 0.717) is 5.82 Å². The summed E-state index contributed by atoms with van der Waals surface area (Å²) in [6.45, 7) is 2.03. The van der Waals surface area contributed by atoms with Gasteiger partial charge in [0.1, 0.15) is 0 Å². The molecular formula is C24H23N3O. The van der Waals surface area contributed by atoms with Crippen molar-refractivity contribution in [3.8, 4) is 11.4 Å². The molecule has 0 saturated carbocycles. The molecule has 0 spiro atoms. The van der Waals surface area contributed by atoms with Crippen molar-refractivity contribution in [2.45, 2.75) is 18.3 Å². The number of hydrogen-bond acceptors (Lipinski definition) is 4. The summed E-state index contributed by atoms with van der Waals surface area (Å²) < 4.78 is 5.92. The van der Waals surface area contributed by atoms with Crippen LogP contribution >= 0.6 is 0 Å². The van der Waals surface area contributed by atoms with Crippen molar-refractivity contribution in [1.29, 1.82) is 0 Å². The van der Waals surface area contributed by atoms with Crippen LogP contribution in [0.25, 0.3) is 22.2 Å². The van der Waals surface area contributed by atoms with E-state index in [1.165, 1.54) is 10.9 Å². The summed E-state index contributed by atoms with van der Waals surface area (Å²) in [6, 6.07) is 25.2. The van der Waals surface area contributed by atoms with E-state index in [0.717, 1.165) is 42.8 Å². The lowest BCUT2D eigenvalue weighted by atomic mass is 9.72. The Balaban J connectivity index is 1.62. The fourth-order valence-corrected chi connectivity index (χ4v) is 4.33. The Kier molecular flexibility index (Phi) is 4.21. The highest BCUT2D eigenvalue weighted by Crippen LogP contribution is 2.41. The quantitative estimate of drug-likeness (QED) is 0.515. The number of rotatable bonds is 3. The van der Waals surface area contributed by atoms with Gasteiger partial charge >= 0.3 is 0 Å². The lowest BCUT2D eigenvalue weighted by Crippen LogP contribution is -2.41. The Morgan fingerprint density at radius 2 is 1.57 bits per heavy atom. The number of aromatic nitrogens is 2. The van der Waals surface area contributed by atoms with Crippen LogP contribution in [-0.4, -0.2) is 35.2 Å². The van der Waals surface area contributed by atoms with Crippen LogP contribution in [0.3, 0.4) is 0 Å². The lowest BCUT2D eigenvalue weighted by molar-refractivity contribution is 0.179. The van der Waals surface area contributed by atoms with Crippen LogP contribution in [0.1, 0.15) is 24.3 Å². The molecule has 1 saturated heterocycles. The Hall–Kier alpha value is -2.98. The second-order valence-electron chi connectivity index (χ2n) is 7.70. The molecular weight excluding hydrogens is 346 g/mol. The normalized spacial score (nSPS) is 17.0. The van der Waals surface area contributed by atoms with E-state index in [9.17, 15) is 0 Å². The standard InChI is InChI=1S/C24H23N3O/c1-27-16-14-24(15-17-27,19-10-3-2-4-11-19)23-25-22(26-28-23)21-13-7-9-18-8-5-6-12-20(18)21/h2-13H,14-17H2,1H3. The van der Waals surface area contributed by atoms with Crippen LogP contribution in [0.4, 0.5) is 0 Å². The SMILES string of the molecule is CN1CCC(c2ccccc2)(c2nc(-c3cccc4ccccc34)no2)CC1. The molecule has 0 atom stereocenters. The Bertz CT molecular complexity index is 1090. The van der Waals surface area contributed by atoms with E-state index in [1.54, 1.807) is 0 Å². The van der Waals surface area contributed by atoms with Crippen LogP contribution in [0, 0.1) is 0 Å². The summed E-state index contributed by atoms with van der Waals surface area (Å²) in [7, 11) is 2.17. The van der Waals surface area contributed by atoms with Crippen molar-refractivity contribution in [2.24, 2.45) is 0 Å². The van der Waals surface area contributed by atoms with Crippen LogP contribution in [0.5, 0.6) is 0 Å². The molecule has 1 aliphatic rings. The molecule has 0 N–H and O–H groups in total. The van der Waals surface area contributed by atoms with Gasteiger partial charge < -0.3 is 9.42 Å². The van der Waals surface area contributed by atoms with Gasteiger partial charge in [-0.15, -0.1) is 0 Å². The van der Waals surface area contributed by atoms with Crippen molar-refractivity contribution in [1.82, 2.24) is 15.0 Å². The predicted octanol–water partition coefficient (Wildman–Crippen LogP) is 4.90. The molecule has 0 bridgehead atoms. The molecule has 0 aliphatic carbocycles. The third kappa shape index (κ3) is 2.81. The zero-order chi connectivity index (χ0) is 19.0. The van der Waals surface area contributed by atoms with Crippen LogP contribution in [0.15, 0.2) is 77.3 Å². The second kappa shape index (κ2) is 6.88. The average Bonchev–Trinajstić information content (AvgIpc) is 3.25. The number of piperidine rings is 1. The zero-order valence-corrected chi connectivity index (χ0v) is 16.0. The molecule has 1 fully saturated rings. The third-order valence-electron chi connectivity index (χ3n) is 6.03. The largest absolute Gasteiger partial charge is 0.338 e. The lowest BCUT2D eigenvalue weighted by Gasteiger charge is -2.38. The van der Waals surface area contributed by atoms with Crippen LogP contribution in [-0.2, 0) is 5.41 Å². The van der Waals surface area contributed by atoms with Crippen molar-refractivity contribution in [3.63, 3.8) is 0 Å². The summed E-state index contributed by atoms with van der Waals surface area (Å²) in [5, 5.41) is 6.73. The van der Waals surface area contributed by atoms with Gasteiger partial charge in [-0.25, -0.2) is 0 Å². The first-order chi connectivity index (χ1) is 13.8. The van der Waals surface area contributed by atoms with Crippen molar-refractivity contribution < 1.29 is 4.52 Å². The second-order valence-corrected chi connectivity index (χ2v) is 7.70. The molecule has 4 nitrogen and oxygen atoms in total. The van der Waals surface area contributed by atoms with E-state index in [1.807, 2.05) is 0 Å². The van der Waals surface area contributed by atoms with E-state index in [4.69, 9.17) is 9.51 Å². The maximum atomic E-state index is 5.92. The summed E-state index contributed by atoms with van der Waals surface area (Å²) in [4.78, 5) is 7.30. The molecule has 0 unspecified atom stereocenters. The zero-order valence-electron chi connectivity index (χ0n) is 16.0. The minimum atomic E-state index is -0.219. The van der Waals surface area contributed by atoms with Crippen molar-refractivity contribution in [3.05, 3.63) is 84.3 Å². The highest BCUT2D eigenvalue weighted by Gasteiger charge is 2.42. The summed E-state index contributed by atoms with van der Waals surface area (Å²) in [6.07, 6.45) is 1.95. The fourth-order valence-electron chi connectivity index (χ4n) is 4.33. The van der Waals surface area contributed by atoms with E-state index in [2.05, 4.69) is 89.9 Å². The molecule has 0 radical (unpaired) electrons. The molecule has 4 heteroatoms. The van der Waals surface area contributed by atoms with Gasteiger partial charge in [0.2, 0.25) is 11.7 Å². The minimum Gasteiger partial charge on any atom is -0.338 e. The Labute approximate surface area is 164 Å². The predicted molar refractivity (Wildman–Crippen MR) is 111 cm³/mol. The molecule has 3 aromatic carbocycles. The number of benzene rings is 3. The minimum absolute atomic E-state index is 0.219. The van der Waals surface area contributed by atoms with Gasteiger partial charge in [-0.05, 0) is 49.3 Å². The molecule has 1 aromatic heterocycles. The Morgan fingerprint density at radius 3 is 2.39 bits per heavy atom. The average molecular weight is 369 g/mol. The molecule has 140 valence electrons. The molecule has 1 aliphatic heterocycles. The van der Waals surface area contributed by atoms with Gasteiger partial charge in [0.15, 0.2) is 0 Å². The molecule has 28 heavy (non-hydrogen) atoms. The number of fused-ring (bicyclic) bond motifs is 1. The van der Waals surface area contributed by atoms with Gasteiger partial charge in [-0.1, -0.05) is 78.0 Å². The fraction of sp³-hybridized carbons (Fsp3) is 0.250. The summed E-state index contributed by atoms with van der Waals surface area (Å²) in [5.74, 6) is 1.40. The first-order valence-electron chi connectivity index (χ1n) is 9.83. The highest BCUT2D eigenvalue weighted by atomic mass is 16.5. The topological polar surface area (TPSA) is 42.2 Å². The van der Waals surface area contributed by atoms with Gasteiger partial charge in [0.05, 0.1) is 5.41 Å². The maximum absolute atomic E-state index is 5.92. The van der Waals surface area contributed by atoms with Crippen LogP contribution < -0.4 is 0 Å². The maximum Gasteiger partial charge on any atom is 0.237 e. The van der Waals surface area contributed by atoms with Crippen molar-refractivity contribution in [2.75, 3.05) is 20.1 Å². The molecule has 4 aromatic rings. The molecule has 0 amide bonds. The summed E-state index contributed by atoms with van der Waals surface area (Å²) in [5.41, 5.74) is 2.06. The van der Waals surface area contributed by atoms with Gasteiger partial charge in [-0.2, -0.15) is 4.98 Å². The van der Waals surface area contributed by atoms with E-state index >= 15 is 0 Å². The molecule has 5 rings (SSSR count). The van der Waals surface area contributed by atoms with Crippen LogP contribution in [0.2, 0.25) is 0 Å². The van der Waals surface area contributed by atoms with Gasteiger partial charge in [0, 0.05) is 5.56 Å². The Morgan fingerprint density at radius 1 is 0.857 bits per heavy atom. The van der Waals surface area contributed by atoms with Crippen molar-refractivity contribution >= 4 is 10.8 Å². The van der Waals surface area contributed by atoms with Gasteiger partial charge in [0.25, 0.3) is 0 Å². The monoisotopic (exact) mass is 369 g/mol.